The maximum absolute atomic E-state index is 5.79. The van der Waals surface area contributed by atoms with Crippen LogP contribution in [0.5, 0.6) is 0 Å². The van der Waals surface area contributed by atoms with Gasteiger partial charge < -0.3 is 11.5 Å². The molecule has 0 amide bonds. The van der Waals surface area contributed by atoms with Crippen molar-refractivity contribution in [3.8, 4) is 11.1 Å². The minimum absolute atomic E-state index is 0.789. The molecule has 0 bridgehead atoms. The summed E-state index contributed by atoms with van der Waals surface area (Å²) in [4.78, 5) is 0. The van der Waals surface area contributed by atoms with Gasteiger partial charge in [0.05, 0.1) is 0 Å². The number of aryl methyl sites for hydroxylation is 1. The Bertz CT molecular complexity index is 487. The molecule has 2 aromatic carbocycles. The van der Waals surface area contributed by atoms with E-state index in [0.29, 0.717) is 0 Å². The Morgan fingerprint density at radius 2 is 1.50 bits per heavy atom. The van der Waals surface area contributed by atoms with Crippen molar-refractivity contribution in [2.75, 3.05) is 11.5 Å². The largest absolute Gasteiger partial charge is 0.399 e. The van der Waals surface area contributed by atoms with Crippen molar-refractivity contribution in [1.82, 2.24) is 0 Å². The highest BCUT2D eigenvalue weighted by atomic mass is 14.5. The summed E-state index contributed by atoms with van der Waals surface area (Å²) >= 11 is 0. The highest BCUT2D eigenvalue weighted by Gasteiger charge is 2.03. The maximum Gasteiger partial charge on any atom is 0.0317 e. The fourth-order valence-corrected chi connectivity index (χ4v) is 1.85. The van der Waals surface area contributed by atoms with Crippen molar-refractivity contribution in [2.45, 2.75) is 13.3 Å². The van der Waals surface area contributed by atoms with E-state index >= 15 is 0 Å². The van der Waals surface area contributed by atoms with Crippen LogP contribution in [0.1, 0.15) is 12.5 Å². The topological polar surface area (TPSA) is 52.0 Å². The molecule has 0 saturated carbocycles. The van der Waals surface area contributed by atoms with Gasteiger partial charge in [-0.25, -0.2) is 0 Å². The maximum atomic E-state index is 5.79. The third-order valence-electron chi connectivity index (χ3n) is 2.73. The quantitative estimate of drug-likeness (QED) is 0.751. The molecule has 0 fully saturated rings. The van der Waals surface area contributed by atoms with Gasteiger partial charge in [-0.2, -0.15) is 0 Å². The van der Waals surface area contributed by atoms with Crippen molar-refractivity contribution < 1.29 is 0 Å². The second-order valence-corrected chi connectivity index (χ2v) is 3.89. The summed E-state index contributed by atoms with van der Waals surface area (Å²) in [7, 11) is 0. The molecule has 82 valence electrons. The summed E-state index contributed by atoms with van der Waals surface area (Å²) in [5.41, 5.74) is 16.8. The van der Waals surface area contributed by atoms with Crippen molar-refractivity contribution in [3.63, 3.8) is 0 Å². The van der Waals surface area contributed by atoms with Crippen LogP contribution in [0, 0.1) is 0 Å². The molecule has 0 saturated heterocycles. The van der Waals surface area contributed by atoms with Gasteiger partial charge in [0.1, 0.15) is 0 Å². The molecule has 2 nitrogen and oxygen atoms in total. The number of nitrogens with two attached hydrogens (primary N) is 2. The smallest absolute Gasteiger partial charge is 0.0317 e. The third kappa shape index (κ3) is 2.01. The van der Waals surface area contributed by atoms with Crippen LogP contribution in [0.2, 0.25) is 0 Å². The number of hydrogen-bond donors (Lipinski definition) is 2. The monoisotopic (exact) mass is 212 g/mol. The summed E-state index contributed by atoms with van der Waals surface area (Å²) < 4.78 is 0. The van der Waals surface area contributed by atoms with Gasteiger partial charge in [-0.3, -0.25) is 0 Å². The second-order valence-electron chi connectivity index (χ2n) is 3.89. The molecular weight excluding hydrogens is 196 g/mol. The van der Waals surface area contributed by atoms with E-state index in [1.54, 1.807) is 0 Å². The summed E-state index contributed by atoms with van der Waals surface area (Å²) in [6.45, 7) is 2.13. The lowest BCUT2D eigenvalue weighted by Gasteiger charge is -2.09. The Kier molecular flexibility index (Phi) is 2.82. The minimum atomic E-state index is 0.789. The zero-order chi connectivity index (χ0) is 11.5. The number of rotatable bonds is 2. The molecule has 0 spiro atoms. The average Bonchev–Trinajstić information content (AvgIpc) is 2.30. The van der Waals surface area contributed by atoms with E-state index in [0.717, 1.165) is 17.8 Å². The molecule has 2 aromatic rings. The van der Waals surface area contributed by atoms with Crippen molar-refractivity contribution in [3.05, 3.63) is 48.0 Å². The Labute approximate surface area is 95.9 Å². The van der Waals surface area contributed by atoms with E-state index in [1.165, 1.54) is 16.7 Å². The summed E-state index contributed by atoms with van der Waals surface area (Å²) in [6, 6.07) is 14.0. The van der Waals surface area contributed by atoms with Gasteiger partial charge in [0, 0.05) is 11.4 Å². The van der Waals surface area contributed by atoms with Crippen LogP contribution < -0.4 is 11.5 Å². The normalized spacial score (nSPS) is 10.3. The fraction of sp³-hybridized carbons (Fsp3) is 0.143. The van der Waals surface area contributed by atoms with Crippen molar-refractivity contribution in [2.24, 2.45) is 0 Å². The third-order valence-corrected chi connectivity index (χ3v) is 2.73. The number of anilines is 2. The molecule has 16 heavy (non-hydrogen) atoms. The van der Waals surface area contributed by atoms with Gasteiger partial charge in [-0.1, -0.05) is 25.1 Å². The van der Waals surface area contributed by atoms with Crippen LogP contribution in [0.25, 0.3) is 11.1 Å². The number of hydrogen-bond acceptors (Lipinski definition) is 2. The van der Waals surface area contributed by atoms with Crippen LogP contribution in [-0.4, -0.2) is 0 Å². The van der Waals surface area contributed by atoms with Crippen LogP contribution in [-0.2, 0) is 6.42 Å². The molecule has 4 N–H and O–H groups in total. The van der Waals surface area contributed by atoms with Gasteiger partial charge in [-0.15, -0.1) is 0 Å². The van der Waals surface area contributed by atoms with Gasteiger partial charge >= 0.3 is 0 Å². The molecule has 0 aliphatic rings. The standard InChI is InChI=1S/C14H16N2/c1-2-10-9-13(16)7-8-14(10)11-3-5-12(15)6-4-11/h3-9H,2,15-16H2,1H3. The lowest BCUT2D eigenvalue weighted by Crippen LogP contribution is -1.92. The molecule has 2 rings (SSSR count). The van der Waals surface area contributed by atoms with Gasteiger partial charge in [0.25, 0.3) is 0 Å². The van der Waals surface area contributed by atoms with Gasteiger partial charge in [0.15, 0.2) is 0 Å². The van der Waals surface area contributed by atoms with E-state index in [9.17, 15) is 0 Å². The van der Waals surface area contributed by atoms with E-state index < -0.39 is 0 Å². The summed E-state index contributed by atoms with van der Waals surface area (Å²) in [5.74, 6) is 0. The lowest BCUT2D eigenvalue weighted by molar-refractivity contribution is 1.14. The molecular formula is C14H16N2. The zero-order valence-electron chi connectivity index (χ0n) is 9.40. The van der Waals surface area contributed by atoms with Gasteiger partial charge in [0.2, 0.25) is 0 Å². The molecule has 2 heteroatoms. The SMILES string of the molecule is CCc1cc(N)ccc1-c1ccc(N)cc1. The molecule has 0 unspecified atom stereocenters. The van der Waals surface area contributed by atoms with Crippen LogP contribution >= 0.6 is 0 Å². The lowest BCUT2D eigenvalue weighted by atomic mass is 9.97. The van der Waals surface area contributed by atoms with E-state index in [2.05, 4.69) is 13.0 Å². The summed E-state index contributed by atoms with van der Waals surface area (Å²) in [5, 5.41) is 0. The van der Waals surface area contributed by atoms with Gasteiger partial charge in [-0.05, 0) is 47.4 Å². The van der Waals surface area contributed by atoms with Crippen LogP contribution in [0.15, 0.2) is 42.5 Å². The van der Waals surface area contributed by atoms with E-state index in [4.69, 9.17) is 11.5 Å². The number of nitrogen functional groups attached to an aromatic ring is 2. The van der Waals surface area contributed by atoms with E-state index in [1.807, 2.05) is 36.4 Å². The molecule has 0 radical (unpaired) electrons. The fourth-order valence-electron chi connectivity index (χ4n) is 1.85. The first kappa shape index (κ1) is 10.6. The summed E-state index contributed by atoms with van der Waals surface area (Å²) in [6.07, 6.45) is 0.977. The average molecular weight is 212 g/mol. The van der Waals surface area contributed by atoms with Crippen molar-refractivity contribution in [1.29, 1.82) is 0 Å². The molecule has 0 aliphatic carbocycles. The molecule has 0 aliphatic heterocycles. The first-order valence-electron chi connectivity index (χ1n) is 5.45. The Balaban J connectivity index is 2.51. The highest BCUT2D eigenvalue weighted by molar-refractivity contribution is 5.71. The van der Waals surface area contributed by atoms with E-state index in [-0.39, 0.29) is 0 Å². The number of benzene rings is 2. The Morgan fingerprint density at radius 3 is 2.12 bits per heavy atom. The van der Waals surface area contributed by atoms with Crippen LogP contribution in [0.4, 0.5) is 11.4 Å². The second kappa shape index (κ2) is 4.27. The first-order chi connectivity index (χ1) is 7.70. The molecule has 0 atom stereocenters. The zero-order valence-corrected chi connectivity index (χ0v) is 9.40. The predicted molar refractivity (Wildman–Crippen MR) is 70.1 cm³/mol. The van der Waals surface area contributed by atoms with Crippen molar-refractivity contribution >= 4 is 11.4 Å². The Hall–Kier alpha value is -1.96. The highest BCUT2D eigenvalue weighted by Crippen LogP contribution is 2.26. The molecule has 0 heterocycles. The molecule has 0 aromatic heterocycles. The minimum Gasteiger partial charge on any atom is -0.399 e. The Morgan fingerprint density at radius 1 is 0.875 bits per heavy atom. The predicted octanol–water partition coefficient (Wildman–Crippen LogP) is 3.08. The van der Waals surface area contributed by atoms with Crippen LogP contribution in [0.3, 0.4) is 0 Å². The first-order valence-corrected chi connectivity index (χ1v) is 5.45.